The molecule has 0 spiro atoms. The number of fused-ring (bicyclic) bond motifs is 1. The quantitative estimate of drug-likeness (QED) is 0.824. The summed E-state index contributed by atoms with van der Waals surface area (Å²) in [6.45, 7) is 4.38. The Balaban J connectivity index is 2.07. The monoisotopic (exact) mass is 292 g/mol. The first-order valence-electron chi connectivity index (χ1n) is 6.24. The number of hydrogen-bond acceptors (Lipinski definition) is 1. The molecule has 2 aromatic rings. The van der Waals surface area contributed by atoms with Crippen LogP contribution in [0, 0.1) is 6.92 Å². The Morgan fingerprint density at radius 2 is 2.24 bits per heavy atom. The van der Waals surface area contributed by atoms with Gasteiger partial charge in [-0.15, -0.1) is 0 Å². The molecule has 0 amide bonds. The second-order valence-electron chi connectivity index (χ2n) is 4.94. The minimum Gasteiger partial charge on any atom is -0.357 e. The van der Waals surface area contributed by atoms with Gasteiger partial charge in [0.05, 0.1) is 0 Å². The van der Waals surface area contributed by atoms with E-state index >= 15 is 0 Å². The van der Waals surface area contributed by atoms with Gasteiger partial charge in [0.15, 0.2) is 0 Å². The van der Waals surface area contributed by atoms with Crippen LogP contribution >= 0.6 is 15.9 Å². The smallest absolute Gasteiger partial charge is 0.0470 e. The number of H-pyrrole nitrogens is 1. The van der Waals surface area contributed by atoms with Crippen LogP contribution in [0.1, 0.15) is 30.0 Å². The molecular formula is C14H17BrN2. The van der Waals surface area contributed by atoms with Crippen LogP contribution in [-0.4, -0.2) is 18.1 Å². The minimum absolute atomic E-state index is 0.617. The van der Waals surface area contributed by atoms with Gasteiger partial charge in [0.25, 0.3) is 0 Å². The first kappa shape index (κ1) is 11.3. The van der Waals surface area contributed by atoms with Gasteiger partial charge in [0, 0.05) is 33.5 Å². The third-order valence-electron chi connectivity index (χ3n) is 3.62. The maximum atomic E-state index is 3.75. The van der Waals surface area contributed by atoms with Crippen molar-refractivity contribution in [2.45, 2.75) is 25.7 Å². The number of rotatable bonds is 1. The van der Waals surface area contributed by atoms with Gasteiger partial charge in [-0.1, -0.05) is 12.1 Å². The Bertz CT molecular complexity index is 538. The Hall–Kier alpha value is -0.800. The first-order chi connectivity index (χ1) is 8.25. The minimum atomic E-state index is 0.617. The largest absolute Gasteiger partial charge is 0.357 e. The topological polar surface area (TPSA) is 27.8 Å². The molecule has 1 atom stereocenters. The lowest BCUT2D eigenvalue weighted by atomic mass is 9.96. The molecule has 0 bridgehead atoms. The predicted molar refractivity (Wildman–Crippen MR) is 75.6 cm³/mol. The highest BCUT2D eigenvalue weighted by Crippen LogP contribution is 2.35. The zero-order valence-electron chi connectivity index (χ0n) is 10.0. The number of benzene rings is 1. The number of hydrogen-bond donors (Lipinski definition) is 2. The fourth-order valence-electron chi connectivity index (χ4n) is 2.68. The van der Waals surface area contributed by atoms with E-state index in [4.69, 9.17) is 0 Å². The maximum absolute atomic E-state index is 3.75. The SMILES string of the molecule is Cc1ccc2c(Br)c(C3CCCNC3)[nH]c2c1. The van der Waals surface area contributed by atoms with E-state index in [1.165, 1.54) is 39.5 Å². The van der Waals surface area contributed by atoms with Gasteiger partial charge >= 0.3 is 0 Å². The molecule has 1 aliphatic rings. The van der Waals surface area contributed by atoms with Crippen LogP contribution in [-0.2, 0) is 0 Å². The molecule has 1 unspecified atom stereocenters. The molecule has 1 aromatic heterocycles. The molecule has 1 aliphatic heterocycles. The van der Waals surface area contributed by atoms with Crippen LogP contribution in [0.15, 0.2) is 22.7 Å². The lowest BCUT2D eigenvalue weighted by molar-refractivity contribution is 0.455. The van der Waals surface area contributed by atoms with E-state index in [-0.39, 0.29) is 0 Å². The summed E-state index contributed by atoms with van der Waals surface area (Å²) in [5.41, 5.74) is 3.91. The molecule has 1 saturated heterocycles. The van der Waals surface area contributed by atoms with Gasteiger partial charge in [-0.2, -0.15) is 0 Å². The summed E-state index contributed by atoms with van der Waals surface area (Å²) in [6, 6.07) is 6.59. The van der Waals surface area contributed by atoms with E-state index in [1.807, 2.05) is 0 Å². The Morgan fingerprint density at radius 3 is 3.00 bits per heavy atom. The summed E-state index contributed by atoms with van der Waals surface area (Å²) < 4.78 is 1.25. The molecule has 1 fully saturated rings. The van der Waals surface area contributed by atoms with Gasteiger partial charge in [0.1, 0.15) is 0 Å². The van der Waals surface area contributed by atoms with Crippen LogP contribution in [0.2, 0.25) is 0 Å². The van der Waals surface area contributed by atoms with Crippen molar-refractivity contribution in [3.05, 3.63) is 33.9 Å². The Kier molecular flexibility index (Phi) is 2.97. The first-order valence-corrected chi connectivity index (χ1v) is 7.03. The zero-order chi connectivity index (χ0) is 11.8. The number of nitrogens with one attached hydrogen (secondary N) is 2. The molecule has 0 aliphatic carbocycles. The zero-order valence-corrected chi connectivity index (χ0v) is 11.6. The lowest BCUT2D eigenvalue weighted by Crippen LogP contribution is -2.28. The molecule has 17 heavy (non-hydrogen) atoms. The summed E-state index contributed by atoms with van der Waals surface area (Å²) in [5.74, 6) is 0.617. The summed E-state index contributed by atoms with van der Waals surface area (Å²) in [7, 11) is 0. The number of piperidine rings is 1. The van der Waals surface area contributed by atoms with E-state index in [0.29, 0.717) is 5.92 Å². The maximum Gasteiger partial charge on any atom is 0.0470 e. The van der Waals surface area contributed by atoms with E-state index < -0.39 is 0 Å². The van der Waals surface area contributed by atoms with Crippen LogP contribution in [0.5, 0.6) is 0 Å². The van der Waals surface area contributed by atoms with Crippen molar-refractivity contribution in [3.63, 3.8) is 0 Å². The highest BCUT2D eigenvalue weighted by atomic mass is 79.9. The highest BCUT2D eigenvalue weighted by molar-refractivity contribution is 9.10. The second kappa shape index (κ2) is 4.46. The number of aryl methyl sites for hydroxylation is 1. The lowest BCUT2D eigenvalue weighted by Gasteiger charge is -2.22. The molecule has 90 valence electrons. The molecule has 3 rings (SSSR count). The van der Waals surface area contributed by atoms with Gasteiger partial charge in [0.2, 0.25) is 0 Å². The molecule has 0 saturated carbocycles. The van der Waals surface area contributed by atoms with Crippen molar-refractivity contribution in [1.29, 1.82) is 0 Å². The highest BCUT2D eigenvalue weighted by Gasteiger charge is 2.20. The Labute approximate surface area is 110 Å². The summed E-state index contributed by atoms with van der Waals surface area (Å²) >= 11 is 3.75. The average Bonchev–Trinajstić information content (AvgIpc) is 2.67. The third kappa shape index (κ3) is 2.02. The molecule has 1 aromatic carbocycles. The van der Waals surface area contributed by atoms with Crippen molar-refractivity contribution >= 4 is 26.8 Å². The molecule has 0 radical (unpaired) electrons. The van der Waals surface area contributed by atoms with Crippen LogP contribution in [0.4, 0.5) is 0 Å². The number of aromatic amines is 1. The summed E-state index contributed by atoms with van der Waals surface area (Å²) in [6.07, 6.45) is 2.54. The van der Waals surface area contributed by atoms with Crippen LogP contribution < -0.4 is 5.32 Å². The number of halogens is 1. The van der Waals surface area contributed by atoms with Crippen molar-refractivity contribution in [3.8, 4) is 0 Å². The molecule has 2 heterocycles. The molecule has 2 nitrogen and oxygen atoms in total. The molecule has 2 N–H and O–H groups in total. The van der Waals surface area contributed by atoms with E-state index in [2.05, 4.69) is 51.4 Å². The fourth-order valence-corrected chi connectivity index (χ4v) is 3.45. The average molecular weight is 293 g/mol. The Morgan fingerprint density at radius 1 is 1.35 bits per heavy atom. The van der Waals surface area contributed by atoms with E-state index in [9.17, 15) is 0 Å². The number of aromatic nitrogens is 1. The summed E-state index contributed by atoms with van der Waals surface area (Å²) in [5, 5.41) is 4.78. The normalized spacial score (nSPS) is 20.9. The van der Waals surface area contributed by atoms with Crippen molar-refractivity contribution in [2.75, 3.05) is 13.1 Å². The standard InChI is InChI=1S/C14H17BrN2/c1-9-4-5-11-12(7-9)17-14(13(11)15)10-3-2-6-16-8-10/h4-5,7,10,16-17H,2-3,6,8H2,1H3. The van der Waals surface area contributed by atoms with Crippen molar-refractivity contribution in [1.82, 2.24) is 10.3 Å². The second-order valence-corrected chi connectivity index (χ2v) is 5.74. The fraction of sp³-hybridized carbons (Fsp3) is 0.429. The van der Waals surface area contributed by atoms with Gasteiger partial charge in [-0.25, -0.2) is 0 Å². The summed E-state index contributed by atoms with van der Waals surface area (Å²) in [4.78, 5) is 3.59. The van der Waals surface area contributed by atoms with E-state index in [1.54, 1.807) is 0 Å². The van der Waals surface area contributed by atoms with Gasteiger partial charge in [-0.3, -0.25) is 0 Å². The van der Waals surface area contributed by atoms with Gasteiger partial charge in [-0.05, 0) is 53.9 Å². The predicted octanol–water partition coefficient (Wildman–Crippen LogP) is 3.71. The van der Waals surface area contributed by atoms with Crippen molar-refractivity contribution < 1.29 is 0 Å². The van der Waals surface area contributed by atoms with Crippen LogP contribution in [0.25, 0.3) is 10.9 Å². The molecular weight excluding hydrogens is 276 g/mol. The molecule has 3 heteroatoms. The van der Waals surface area contributed by atoms with Gasteiger partial charge < -0.3 is 10.3 Å². The van der Waals surface area contributed by atoms with E-state index in [0.717, 1.165) is 13.1 Å². The van der Waals surface area contributed by atoms with Crippen molar-refractivity contribution in [2.24, 2.45) is 0 Å². The third-order valence-corrected chi connectivity index (χ3v) is 4.48. The van der Waals surface area contributed by atoms with Crippen LogP contribution in [0.3, 0.4) is 0 Å².